The van der Waals surface area contributed by atoms with Crippen molar-refractivity contribution < 1.29 is 13.0 Å². The summed E-state index contributed by atoms with van der Waals surface area (Å²) in [5, 5.41) is 0.606. The summed E-state index contributed by atoms with van der Waals surface area (Å²) < 4.78 is 29.9. The van der Waals surface area contributed by atoms with E-state index in [1.54, 1.807) is 16.8 Å². The number of aryl methyl sites for hydroxylation is 1. The number of rotatable bonds is 4. The number of sulfone groups is 1. The fourth-order valence-corrected chi connectivity index (χ4v) is 5.10. The van der Waals surface area contributed by atoms with Gasteiger partial charge in [-0.05, 0) is 62.2 Å². The second-order valence-electron chi connectivity index (χ2n) is 7.57. The topological polar surface area (TPSA) is 98.4 Å². The van der Waals surface area contributed by atoms with Gasteiger partial charge >= 0.3 is 0 Å². The van der Waals surface area contributed by atoms with E-state index in [-0.39, 0.29) is 32.6 Å². The Labute approximate surface area is 184 Å². The van der Waals surface area contributed by atoms with Crippen molar-refractivity contribution in [2.24, 2.45) is 0 Å². The van der Waals surface area contributed by atoms with Crippen molar-refractivity contribution in [3.8, 4) is 0 Å². The Morgan fingerprint density at radius 3 is 2.52 bits per heavy atom. The van der Waals surface area contributed by atoms with Crippen molar-refractivity contribution in [1.29, 1.82) is 0 Å². The first-order valence-electron chi connectivity index (χ1n) is 9.82. The Hall–Kier alpha value is -2.97. The quantitative estimate of drug-likeness (QED) is 0.373. The molecule has 0 bridgehead atoms. The van der Waals surface area contributed by atoms with Gasteiger partial charge in [-0.25, -0.2) is 13.0 Å². The van der Waals surface area contributed by atoms with Gasteiger partial charge in [-0.1, -0.05) is 29.6 Å². The summed E-state index contributed by atoms with van der Waals surface area (Å²) >= 11 is 5.92. The van der Waals surface area contributed by atoms with Gasteiger partial charge in [0.25, 0.3) is 11.2 Å². The smallest absolute Gasteiger partial charge is 0.278 e. The molecule has 3 aromatic heterocycles. The number of anilines is 1. The third kappa shape index (κ3) is 3.45. The summed E-state index contributed by atoms with van der Waals surface area (Å²) in [6.45, 7) is 5.74. The Morgan fingerprint density at radius 2 is 1.87 bits per heavy atom. The summed E-state index contributed by atoms with van der Waals surface area (Å²) in [7, 11) is -4.00. The van der Waals surface area contributed by atoms with E-state index < -0.39 is 9.84 Å². The first-order valence-corrected chi connectivity index (χ1v) is 11.7. The molecule has 0 aliphatic carbocycles. The molecule has 3 heterocycles. The highest BCUT2D eigenvalue weighted by Crippen LogP contribution is 2.28. The average Bonchev–Trinajstić information content (AvgIpc) is 2.74. The Balaban J connectivity index is 2.15. The van der Waals surface area contributed by atoms with E-state index >= 15 is 0 Å². The fourth-order valence-electron chi connectivity index (χ4n) is 3.58. The lowest BCUT2D eigenvalue weighted by molar-refractivity contribution is -0.684. The van der Waals surface area contributed by atoms with Gasteiger partial charge in [-0.15, -0.1) is 0 Å². The number of aromatic nitrogens is 3. The first kappa shape index (κ1) is 21.3. The highest BCUT2D eigenvalue weighted by molar-refractivity contribution is 7.91. The maximum absolute atomic E-state index is 13.4. The van der Waals surface area contributed by atoms with Crippen molar-refractivity contribution >= 4 is 43.9 Å². The second kappa shape index (κ2) is 7.62. The molecule has 1 atom stereocenters. The molecule has 31 heavy (non-hydrogen) atoms. The van der Waals surface area contributed by atoms with E-state index in [1.165, 1.54) is 34.7 Å². The maximum Gasteiger partial charge on any atom is 0.278 e. The van der Waals surface area contributed by atoms with Crippen molar-refractivity contribution in [1.82, 2.24) is 9.38 Å². The molecule has 7 nitrogen and oxygen atoms in total. The molecular formula is C22H22ClN4O3S+. The van der Waals surface area contributed by atoms with Crippen LogP contribution in [-0.2, 0) is 9.84 Å². The number of halogens is 1. The average molecular weight is 458 g/mol. The number of nitrogens with two attached hydrogens (primary N) is 1. The molecular weight excluding hydrogens is 436 g/mol. The summed E-state index contributed by atoms with van der Waals surface area (Å²) in [5.41, 5.74) is 7.76. The van der Waals surface area contributed by atoms with Crippen LogP contribution in [0, 0.1) is 6.92 Å². The van der Waals surface area contributed by atoms with Gasteiger partial charge < -0.3 is 5.73 Å². The molecule has 0 radical (unpaired) electrons. The van der Waals surface area contributed by atoms with E-state index in [0.29, 0.717) is 22.7 Å². The van der Waals surface area contributed by atoms with Gasteiger partial charge in [-0.3, -0.25) is 9.20 Å². The lowest BCUT2D eigenvalue weighted by atomic mass is 10.2. The summed E-state index contributed by atoms with van der Waals surface area (Å²) in [6, 6.07) is 10.6. The highest BCUT2D eigenvalue weighted by Gasteiger charge is 2.30. The van der Waals surface area contributed by atoms with Gasteiger partial charge in [-0.2, -0.15) is 0 Å². The summed E-state index contributed by atoms with van der Waals surface area (Å²) in [5.74, 6) is 0.0418. The van der Waals surface area contributed by atoms with Gasteiger partial charge in [0.05, 0.1) is 10.9 Å². The number of pyridine rings is 2. The van der Waals surface area contributed by atoms with E-state index in [9.17, 15) is 13.2 Å². The minimum Gasteiger partial charge on any atom is -0.317 e. The zero-order chi connectivity index (χ0) is 22.5. The van der Waals surface area contributed by atoms with Crippen LogP contribution in [0.5, 0.6) is 0 Å². The van der Waals surface area contributed by atoms with Crippen LogP contribution in [0.4, 0.5) is 5.82 Å². The molecule has 0 aliphatic rings. The van der Waals surface area contributed by atoms with Gasteiger partial charge in [0, 0.05) is 11.2 Å². The van der Waals surface area contributed by atoms with Crippen LogP contribution in [0.2, 0.25) is 5.02 Å². The summed E-state index contributed by atoms with van der Waals surface area (Å²) in [6.07, 6.45) is 2.35. The minimum atomic E-state index is -4.00. The van der Waals surface area contributed by atoms with Crippen molar-refractivity contribution in [2.75, 3.05) is 5.73 Å². The molecule has 4 aromatic rings. The van der Waals surface area contributed by atoms with Crippen molar-refractivity contribution in [3.63, 3.8) is 0 Å². The standard InChI is InChI=1S/C22H21ClN4O3S/c1-4-14(3)27-20(24)18(31(29,30)16-8-6-15(23)7-9-16)11-17-21(27)25-19-10-5-13(2)12-26(19)22(17)28/h5-12,14,24H,4H2,1-3H3/p+1/t14-/m0/s1. The third-order valence-electron chi connectivity index (χ3n) is 5.45. The highest BCUT2D eigenvalue weighted by atomic mass is 35.5. The van der Waals surface area contributed by atoms with Crippen LogP contribution in [0.15, 0.2) is 63.2 Å². The van der Waals surface area contributed by atoms with Crippen LogP contribution >= 0.6 is 11.6 Å². The molecule has 0 amide bonds. The SMILES string of the molecule is CC[C@H](C)[n+]1c(N)c(S(=O)(=O)c2ccc(Cl)cc2)cc2c(=O)n3cc(C)ccc3nc21. The molecule has 0 unspecified atom stereocenters. The Morgan fingerprint density at radius 1 is 1.19 bits per heavy atom. The Kier molecular flexibility index (Phi) is 5.23. The molecule has 160 valence electrons. The van der Waals surface area contributed by atoms with Crippen LogP contribution in [0.3, 0.4) is 0 Å². The van der Waals surface area contributed by atoms with Gasteiger partial charge in [0.2, 0.25) is 21.3 Å². The van der Waals surface area contributed by atoms with E-state index in [2.05, 4.69) is 4.98 Å². The minimum absolute atomic E-state index is 0.0418. The summed E-state index contributed by atoms with van der Waals surface area (Å²) in [4.78, 5) is 17.9. The number of fused-ring (bicyclic) bond motifs is 2. The lowest BCUT2D eigenvalue weighted by Gasteiger charge is -2.16. The second-order valence-corrected chi connectivity index (χ2v) is 9.92. The molecule has 0 saturated carbocycles. The predicted octanol–water partition coefficient (Wildman–Crippen LogP) is 3.48. The van der Waals surface area contributed by atoms with Crippen molar-refractivity contribution in [3.05, 3.63) is 69.6 Å². The molecule has 0 fully saturated rings. The molecule has 2 N–H and O–H groups in total. The normalized spacial score (nSPS) is 13.0. The number of benzene rings is 1. The Bertz CT molecular complexity index is 1500. The van der Waals surface area contributed by atoms with E-state index in [1.807, 2.05) is 26.8 Å². The monoisotopic (exact) mass is 457 g/mol. The number of hydrogen-bond acceptors (Lipinski definition) is 5. The molecule has 1 aromatic carbocycles. The van der Waals surface area contributed by atoms with Crippen LogP contribution in [0.1, 0.15) is 31.9 Å². The number of nitrogen functional groups attached to an aromatic ring is 1. The zero-order valence-electron chi connectivity index (χ0n) is 17.3. The van der Waals surface area contributed by atoms with Crippen LogP contribution < -0.4 is 15.9 Å². The zero-order valence-corrected chi connectivity index (χ0v) is 18.9. The van der Waals surface area contributed by atoms with E-state index in [0.717, 1.165) is 5.56 Å². The third-order valence-corrected chi connectivity index (χ3v) is 7.50. The first-order chi connectivity index (χ1) is 14.6. The largest absolute Gasteiger partial charge is 0.317 e. The van der Waals surface area contributed by atoms with Crippen molar-refractivity contribution in [2.45, 2.75) is 43.0 Å². The number of hydrogen-bond donors (Lipinski definition) is 1. The van der Waals surface area contributed by atoms with Crippen LogP contribution in [-0.4, -0.2) is 17.8 Å². The molecule has 9 heteroatoms. The fraction of sp³-hybridized carbons (Fsp3) is 0.227. The maximum atomic E-state index is 13.4. The molecule has 0 aliphatic heterocycles. The molecule has 0 spiro atoms. The number of nitrogens with zero attached hydrogens (tertiary/aromatic N) is 3. The lowest BCUT2D eigenvalue weighted by Crippen LogP contribution is -2.44. The van der Waals surface area contributed by atoms with Gasteiger partial charge in [0.15, 0.2) is 0 Å². The van der Waals surface area contributed by atoms with E-state index in [4.69, 9.17) is 17.3 Å². The van der Waals surface area contributed by atoms with Crippen LogP contribution in [0.25, 0.3) is 16.7 Å². The predicted molar refractivity (Wildman–Crippen MR) is 120 cm³/mol. The molecule has 0 saturated heterocycles. The van der Waals surface area contributed by atoms with Gasteiger partial charge in [0.1, 0.15) is 10.3 Å². The molecule has 4 rings (SSSR count).